The van der Waals surface area contributed by atoms with Gasteiger partial charge < -0.3 is 9.47 Å². The molecule has 0 N–H and O–H groups in total. The molecule has 0 aliphatic carbocycles. The fraction of sp³-hybridized carbons (Fsp3) is 0.205. The highest BCUT2D eigenvalue weighted by Gasteiger charge is 2.21. The molecule has 46 heavy (non-hydrogen) atoms. The molecular weight excluding hydrogens is 574 g/mol. The SMILES string of the molecule is Cc1ccc(CN(Cc2ccc(C)cc2)C(=O)Oc2ccnc(OC(=O)N(Cc3ccc(C)cc3)Cc3ccc(C)cc3)c2)cc1. The summed E-state index contributed by atoms with van der Waals surface area (Å²) in [6.45, 7) is 9.55. The van der Waals surface area contributed by atoms with Gasteiger partial charge in [-0.15, -0.1) is 0 Å². The molecule has 2 amide bonds. The first kappa shape index (κ1) is 32.0. The Morgan fingerprint density at radius 2 is 0.826 bits per heavy atom. The third-order valence-electron chi connectivity index (χ3n) is 7.60. The Morgan fingerprint density at radius 1 is 0.500 bits per heavy atom. The lowest BCUT2D eigenvalue weighted by molar-refractivity contribution is 0.143. The Bertz CT molecular complexity index is 1530. The number of aryl methyl sites for hydroxylation is 4. The normalized spacial score (nSPS) is 10.7. The van der Waals surface area contributed by atoms with E-state index in [9.17, 15) is 9.59 Å². The van der Waals surface area contributed by atoms with Crippen LogP contribution in [0, 0.1) is 27.7 Å². The highest BCUT2D eigenvalue weighted by atomic mass is 16.6. The van der Waals surface area contributed by atoms with Crippen molar-refractivity contribution in [1.82, 2.24) is 14.8 Å². The quantitative estimate of drug-likeness (QED) is 0.158. The smallest absolute Gasteiger partial charge is 0.410 e. The summed E-state index contributed by atoms with van der Waals surface area (Å²) in [5.74, 6) is 0.265. The monoisotopic (exact) mass is 613 g/mol. The van der Waals surface area contributed by atoms with E-state index in [0.29, 0.717) is 26.2 Å². The summed E-state index contributed by atoms with van der Waals surface area (Å²) in [4.78, 5) is 34.5. The summed E-state index contributed by atoms with van der Waals surface area (Å²) in [5, 5.41) is 0. The molecule has 0 saturated carbocycles. The maximum atomic E-state index is 13.5. The number of carbonyl (C=O) groups excluding carboxylic acids is 2. The number of aromatic nitrogens is 1. The number of nitrogens with zero attached hydrogens (tertiary/aromatic N) is 3. The van der Waals surface area contributed by atoms with E-state index in [1.54, 1.807) is 15.9 Å². The zero-order chi connectivity index (χ0) is 32.5. The number of amides is 2. The van der Waals surface area contributed by atoms with Crippen molar-refractivity contribution in [3.8, 4) is 11.6 Å². The minimum Gasteiger partial charge on any atom is -0.410 e. The zero-order valence-corrected chi connectivity index (χ0v) is 26.8. The van der Waals surface area contributed by atoms with E-state index in [4.69, 9.17) is 9.47 Å². The van der Waals surface area contributed by atoms with E-state index < -0.39 is 12.2 Å². The molecule has 0 radical (unpaired) electrons. The Labute approximate surface area is 271 Å². The van der Waals surface area contributed by atoms with Gasteiger partial charge in [-0.05, 0) is 56.0 Å². The fourth-order valence-corrected chi connectivity index (χ4v) is 4.86. The molecule has 4 aromatic carbocycles. The molecule has 0 fully saturated rings. The van der Waals surface area contributed by atoms with E-state index in [1.807, 2.05) is 125 Å². The summed E-state index contributed by atoms with van der Waals surface area (Å²) in [6, 6.07) is 35.2. The summed E-state index contributed by atoms with van der Waals surface area (Å²) in [6.07, 6.45) is 0.377. The van der Waals surface area contributed by atoms with Gasteiger partial charge in [-0.25, -0.2) is 14.6 Å². The number of benzene rings is 4. The predicted molar refractivity (Wildman–Crippen MR) is 179 cm³/mol. The maximum absolute atomic E-state index is 13.5. The molecule has 5 rings (SSSR count). The standard InChI is InChI=1S/C39H39N3O4/c1-28-5-13-32(14-6-28)24-41(25-33-15-7-29(2)8-16-33)38(43)45-36-21-22-40-37(23-36)46-39(44)42(26-34-17-9-30(3)10-18-34)27-35-19-11-31(4)12-20-35/h5-23H,24-27H2,1-4H3. The molecule has 0 unspecified atom stereocenters. The first-order valence-electron chi connectivity index (χ1n) is 15.3. The van der Waals surface area contributed by atoms with Crippen molar-refractivity contribution in [2.24, 2.45) is 0 Å². The number of rotatable bonds is 10. The number of pyridine rings is 1. The highest BCUT2D eigenvalue weighted by molar-refractivity contribution is 5.72. The van der Waals surface area contributed by atoms with Crippen LogP contribution in [-0.4, -0.2) is 27.0 Å². The molecule has 0 bridgehead atoms. The van der Waals surface area contributed by atoms with E-state index >= 15 is 0 Å². The molecule has 7 nitrogen and oxygen atoms in total. The molecule has 1 heterocycles. The van der Waals surface area contributed by atoms with Gasteiger partial charge in [0, 0.05) is 38.4 Å². The number of ether oxygens (including phenoxy) is 2. The van der Waals surface area contributed by atoms with Gasteiger partial charge in [0.05, 0.1) is 0 Å². The van der Waals surface area contributed by atoms with Crippen LogP contribution in [0.4, 0.5) is 9.59 Å². The van der Waals surface area contributed by atoms with E-state index in [-0.39, 0.29) is 11.6 Å². The lowest BCUT2D eigenvalue weighted by atomic mass is 10.1. The lowest BCUT2D eigenvalue weighted by Crippen LogP contribution is -2.33. The number of carbonyl (C=O) groups is 2. The van der Waals surface area contributed by atoms with Crippen LogP contribution in [-0.2, 0) is 26.2 Å². The Morgan fingerprint density at radius 3 is 1.17 bits per heavy atom. The van der Waals surface area contributed by atoms with Crippen molar-refractivity contribution < 1.29 is 19.1 Å². The number of hydrogen-bond acceptors (Lipinski definition) is 5. The maximum Gasteiger partial charge on any atom is 0.417 e. The van der Waals surface area contributed by atoms with Crippen LogP contribution < -0.4 is 9.47 Å². The second-order valence-electron chi connectivity index (χ2n) is 11.7. The third-order valence-corrected chi connectivity index (χ3v) is 7.60. The van der Waals surface area contributed by atoms with E-state index in [1.165, 1.54) is 12.3 Å². The van der Waals surface area contributed by atoms with E-state index in [2.05, 4.69) is 4.98 Å². The topological polar surface area (TPSA) is 72.0 Å². The van der Waals surface area contributed by atoms with Gasteiger partial charge in [0.1, 0.15) is 5.75 Å². The average Bonchev–Trinajstić information content (AvgIpc) is 3.04. The first-order chi connectivity index (χ1) is 22.2. The fourth-order valence-electron chi connectivity index (χ4n) is 4.86. The zero-order valence-electron chi connectivity index (χ0n) is 26.8. The minimum atomic E-state index is -0.558. The van der Waals surface area contributed by atoms with Crippen LogP contribution >= 0.6 is 0 Å². The van der Waals surface area contributed by atoms with Crippen molar-refractivity contribution in [2.45, 2.75) is 53.9 Å². The minimum absolute atomic E-state index is 0.0386. The van der Waals surface area contributed by atoms with Crippen LogP contribution in [0.1, 0.15) is 44.5 Å². The van der Waals surface area contributed by atoms with Gasteiger partial charge in [-0.3, -0.25) is 9.80 Å². The van der Waals surface area contributed by atoms with Crippen LogP contribution in [0.25, 0.3) is 0 Å². The van der Waals surface area contributed by atoms with Gasteiger partial charge in [0.25, 0.3) is 0 Å². The lowest BCUT2D eigenvalue weighted by Gasteiger charge is -2.23. The Balaban J connectivity index is 1.31. The van der Waals surface area contributed by atoms with Gasteiger partial charge in [-0.2, -0.15) is 0 Å². The third kappa shape index (κ3) is 9.29. The molecule has 5 aromatic rings. The van der Waals surface area contributed by atoms with Crippen LogP contribution in [0.5, 0.6) is 11.6 Å². The van der Waals surface area contributed by atoms with Crippen molar-refractivity contribution in [3.63, 3.8) is 0 Å². The molecule has 7 heteroatoms. The van der Waals surface area contributed by atoms with Gasteiger partial charge in [0.15, 0.2) is 0 Å². The van der Waals surface area contributed by atoms with Crippen molar-refractivity contribution in [1.29, 1.82) is 0 Å². The molecule has 0 saturated heterocycles. The summed E-state index contributed by atoms with van der Waals surface area (Å²) < 4.78 is 11.5. The predicted octanol–water partition coefficient (Wildman–Crippen LogP) is 8.72. The van der Waals surface area contributed by atoms with Crippen molar-refractivity contribution >= 4 is 12.2 Å². The number of hydrogen-bond donors (Lipinski definition) is 0. The molecule has 0 atom stereocenters. The summed E-state index contributed by atoms with van der Waals surface area (Å²) >= 11 is 0. The largest absolute Gasteiger partial charge is 0.417 e. The molecular formula is C39H39N3O4. The van der Waals surface area contributed by atoms with Gasteiger partial charge in [0.2, 0.25) is 5.88 Å². The van der Waals surface area contributed by atoms with E-state index in [0.717, 1.165) is 44.5 Å². The van der Waals surface area contributed by atoms with Crippen molar-refractivity contribution in [3.05, 3.63) is 160 Å². The average molecular weight is 614 g/mol. The van der Waals surface area contributed by atoms with Gasteiger partial charge >= 0.3 is 12.2 Å². The summed E-state index contributed by atoms with van der Waals surface area (Å²) in [7, 11) is 0. The summed E-state index contributed by atoms with van der Waals surface area (Å²) in [5.41, 5.74) is 8.51. The first-order valence-corrected chi connectivity index (χ1v) is 15.3. The Kier molecular flexibility index (Phi) is 10.5. The Hall–Kier alpha value is -5.43. The molecule has 0 spiro atoms. The molecule has 1 aromatic heterocycles. The van der Waals surface area contributed by atoms with Crippen LogP contribution in [0.2, 0.25) is 0 Å². The molecule has 234 valence electrons. The van der Waals surface area contributed by atoms with Crippen LogP contribution in [0.15, 0.2) is 115 Å². The van der Waals surface area contributed by atoms with Crippen molar-refractivity contribution in [2.75, 3.05) is 0 Å². The van der Waals surface area contributed by atoms with Gasteiger partial charge in [-0.1, -0.05) is 119 Å². The second-order valence-corrected chi connectivity index (χ2v) is 11.7. The van der Waals surface area contributed by atoms with Crippen LogP contribution in [0.3, 0.4) is 0 Å². The highest BCUT2D eigenvalue weighted by Crippen LogP contribution is 2.21. The second kappa shape index (κ2) is 15.0. The molecule has 0 aliphatic rings. The molecule has 0 aliphatic heterocycles.